The summed E-state index contributed by atoms with van der Waals surface area (Å²) in [5.41, 5.74) is 0. The van der Waals surface area contributed by atoms with Crippen molar-refractivity contribution in [3.8, 4) is 0 Å². The number of carboxylic acid groups (broad SMARTS) is 1. The summed E-state index contributed by atoms with van der Waals surface area (Å²) in [6.45, 7) is 1.00. The maximum Gasteiger partial charge on any atom is 0.335 e. The summed E-state index contributed by atoms with van der Waals surface area (Å²) >= 11 is 0. The van der Waals surface area contributed by atoms with Gasteiger partial charge in [-0.05, 0) is 6.92 Å². The van der Waals surface area contributed by atoms with Crippen LogP contribution in [0.4, 0.5) is 0 Å². The number of hydrogen-bond donors (Lipinski definition) is 5. The molecule has 5 unspecified atom stereocenters. The van der Waals surface area contributed by atoms with E-state index in [2.05, 4.69) is 4.74 Å². The summed E-state index contributed by atoms with van der Waals surface area (Å²) in [6, 6.07) is 0. The SMILES string of the molecule is CC1(O)OC(C(=O)O)C(O)C(O)C1O. The van der Waals surface area contributed by atoms with Gasteiger partial charge < -0.3 is 30.3 Å². The van der Waals surface area contributed by atoms with E-state index in [9.17, 15) is 25.2 Å². The van der Waals surface area contributed by atoms with Crippen molar-refractivity contribution in [2.45, 2.75) is 37.1 Å². The molecular formula is C7H12O7. The highest BCUT2D eigenvalue weighted by Gasteiger charge is 2.52. The molecule has 0 aromatic heterocycles. The lowest BCUT2D eigenvalue weighted by molar-refractivity contribution is -0.333. The molecule has 14 heavy (non-hydrogen) atoms. The average molecular weight is 208 g/mol. The molecule has 0 radical (unpaired) electrons. The maximum absolute atomic E-state index is 10.5. The second-order valence-corrected chi connectivity index (χ2v) is 3.36. The van der Waals surface area contributed by atoms with E-state index in [1.54, 1.807) is 0 Å². The van der Waals surface area contributed by atoms with E-state index in [1.807, 2.05) is 0 Å². The van der Waals surface area contributed by atoms with Gasteiger partial charge in [-0.25, -0.2) is 4.79 Å². The minimum Gasteiger partial charge on any atom is -0.479 e. The number of carbonyl (C=O) groups is 1. The predicted molar refractivity (Wildman–Crippen MR) is 41.2 cm³/mol. The van der Waals surface area contributed by atoms with Crippen molar-refractivity contribution in [1.29, 1.82) is 0 Å². The Morgan fingerprint density at radius 1 is 1.29 bits per heavy atom. The number of rotatable bonds is 1. The summed E-state index contributed by atoms with van der Waals surface area (Å²) < 4.78 is 4.53. The van der Waals surface area contributed by atoms with E-state index < -0.39 is 36.2 Å². The average Bonchev–Trinajstić information content (AvgIpc) is 2.08. The van der Waals surface area contributed by atoms with Crippen LogP contribution in [0.15, 0.2) is 0 Å². The lowest BCUT2D eigenvalue weighted by atomic mass is 9.93. The molecule has 0 aromatic carbocycles. The van der Waals surface area contributed by atoms with Crippen molar-refractivity contribution >= 4 is 5.97 Å². The van der Waals surface area contributed by atoms with Crippen molar-refractivity contribution in [1.82, 2.24) is 0 Å². The highest BCUT2D eigenvalue weighted by molar-refractivity contribution is 5.73. The number of aliphatic hydroxyl groups excluding tert-OH is 3. The normalized spacial score (nSPS) is 48.9. The van der Waals surface area contributed by atoms with Crippen LogP contribution < -0.4 is 0 Å². The van der Waals surface area contributed by atoms with E-state index in [0.29, 0.717) is 0 Å². The number of carboxylic acids is 1. The first-order valence-corrected chi connectivity index (χ1v) is 3.94. The fourth-order valence-electron chi connectivity index (χ4n) is 1.28. The van der Waals surface area contributed by atoms with Gasteiger partial charge in [0.2, 0.25) is 0 Å². The lowest BCUT2D eigenvalue weighted by Gasteiger charge is -2.42. The van der Waals surface area contributed by atoms with Crippen molar-refractivity contribution in [2.75, 3.05) is 0 Å². The predicted octanol–water partition coefficient (Wildman–Crippen LogP) is -2.74. The third kappa shape index (κ3) is 1.72. The molecule has 1 rings (SSSR count). The van der Waals surface area contributed by atoms with E-state index in [4.69, 9.17) is 5.11 Å². The molecule has 5 N–H and O–H groups in total. The first-order chi connectivity index (χ1) is 6.27. The first kappa shape index (κ1) is 11.3. The topological polar surface area (TPSA) is 127 Å². The number of aliphatic hydroxyl groups is 4. The Balaban J connectivity index is 2.90. The molecule has 0 aromatic rings. The van der Waals surface area contributed by atoms with Crippen LogP contribution in [0.5, 0.6) is 0 Å². The molecule has 1 fully saturated rings. The summed E-state index contributed by atoms with van der Waals surface area (Å²) in [7, 11) is 0. The fourth-order valence-corrected chi connectivity index (χ4v) is 1.28. The van der Waals surface area contributed by atoms with Gasteiger partial charge in [-0.3, -0.25) is 0 Å². The second-order valence-electron chi connectivity index (χ2n) is 3.36. The third-order valence-electron chi connectivity index (χ3n) is 2.14. The van der Waals surface area contributed by atoms with Gasteiger partial charge in [0.25, 0.3) is 0 Å². The van der Waals surface area contributed by atoms with Crippen LogP contribution >= 0.6 is 0 Å². The second kappa shape index (κ2) is 3.44. The van der Waals surface area contributed by atoms with Crippen LogP contribution in [0.3, 0.4) is 0 Å². The summed E-state index contributed by atoms with van der Waals surface area (Å²) in [4.78, 5) is 10.5. The highest BCUT2D eigenvalue weighted by Crippen LogP contribution is 2.27. The number of hydrogen-bond acceptors (Lipinski definition) is 6. The molecule has 0 amide bonds. The molecule has 5 atom stereocenters. The largest absolute Gasteiger partial charge is 0.479 e. The number of aliphatic carboxylic acids is 1. The summed E-state index contributed by atoms with van der Waals surface area (Å²) in [6.07, 6.45) is -7.06. The van der Waals surface area contributed by atoms with Gasteiger partial charge in [0.1, 0.15) is 18.3 Å². The Labute approximate surface area is 79.2 Å². The van der Waals surface area contributed by atoms with Gasteiger partial charge in [-0.1, -0.05) is 0 Å². The van der Waals surface area contributed by atoms with Gasteiger partial charge in [-0.15, -0.1) is 0 Å². The zero-order valence-electron chi connectivity index (χ0n) is 7.36. The maximum atomic E-state index is 10.5. The zero-order valence-corrected chi connectivity index (χ0v) is 7.36. The molecule has 1 saturated heterocycles. The molecule has 7 nitrogen and oxygen atoms in total. The van der Waals surface area contributed by atoms with Crippen LogP contribution in [-0.4, -0.2) is 61.7 Å². The minimum absolute atomic E-state index is 1.00. The van der Waals surface area contributed by atoms with Crippen molar-refractivity contribution in [3.63, 3.8) is 0 Å². The van der Waals surface area contributed by atoms with Gasteiger partial charge in [0.05, 0.1) is 0 Å². The molecule has 1 heterocycles. The number of ether oxygens (including phenoxy) is 1. The Hall–Kier alpha value is -0.730. The van der Waals surface area contributed by atoms with E-state index in [0.717, 1.165) is 6.92 Å². The third-order valence-corrected chi connectivity index (χ3v) is 2.14. The smallest absolute Gasteiger partial charge is 0.335 e. The fraction of sp³-hybridized carbons (Fsp3) is 0.857. The van der Waals surface area contributed by atoms with Crippen LogP contribution in [0.25, 0.3) is 0 Å². The Morgan fingerprint density at radius 2 is 1.79 bits per heavy atom. The van der Waals surface area contributed by atoms with Crippen molar-refractivity contribution in [2.24, 2.45) is 0 Å². The molecule has 7 heteroatoms. The standard InChI is InChI=1S/C7H12O7/c1-7(13)5(10)3(9)2(8)4(14-7)6(11)12/h2-5,8-10,13H,1H3,(H,11,12). The first-order valence-electron chi connectivity index (χ1n) is 3.94. The Kier molecular flexibility index (Phi) is 2.79. The molecular weight excluding hydrogens is 196 g/mol. The van der Waals surface area contributed by atoms with E-state index in [1.165, 1.54) is 0 Å². The van der Waals surface area contributed by atoms with E-state index >= 15 is 0 Å². The quantitative estimate of drug-likeness (QED) is 0.316. The van der Waals surface area contributed by atoms with Crippen LogP contribution in [0, 0.1) is 0 Å². The molecule has 0 spiro atoms. The summed E-state index contributed by atoms with van der Waals surface area (Å²) in [5, 5.41) is 45.5. The Bertz CT molecular complexity index is 238. The van der Waals surface area contributed by atoms with Gasteiger partial charge >= 0.3 is 5.97 Å². The lowest BCUT2D eigenvalue weighted by Crippen LogP contribution is -2.64. The van der Waals surface area contributed by atoms with Crippen LogP contribution in [-0.2, 0) is 9.53 Å². The van der Waals surface area contributed by atoms with Crippen molar-refractivity contribution < 1.29 is 35.1 Å². The molecule has 1 aliphatic rings. The monoisotopic (exact) mass is 208 g/mol. The molecule has 0 aliphatic carbocycles. The van der Waals surface area contributed by atoms with Crippen molar-refractivity contribution in [3.05, 3.63) is 0 Å². The molecule has 0 saturated carbocycles. The minimum atomic E-state index is -2.19. The van der Waals surface area contributed by atoms with Gasteiger partial charge in [0.15, 0.2) is 11.9 Å². The zero-order chi connectivity index (χ0) is 11.1. The summed E-state index contributed by atoms with van der Waals surface area (Å²) in [5.74, 6) is -3.72. The van der Waals surface area contributed by atoms with Crippen LogP contribution in [0.1, 0.15) is 6.92 Å². The van der Waals surface area contributed by atoms with Gasteiger partial charge in [0, 0.05) is 0 Å². The highest BCUT2D eigenvalue weighted by atomic mass is 16.7. The van der Waals surface area contributed by atoms with Crippen LogP contribution in [0.2, 0.25) is 0 Å². The molecule has 0 bridgehead atoms. The molecule has 1 aliphatic heterocycles. The van der Waals surface area contributed by atoms with E-state index in [-0.39, 0.29) is 0 Å². The molecule has 82 valence electrons. The Morgan fingerprint density at radius 3 is 2.21 bits per heavy atom. The van der Waals surface area contributed by atoms with Gasteiger partial charge in [-0.2, -0.15) is 0 Å².